The van der Waals surface area contributed by atoms with Gasteiger partial charge in [-0.1, -0.05) is 60.7 Å². The van der Waals surface area contributed by atoms with Crippen molar-refractivity contribution < 1.29 is 5.11 Å². The summed E-state index contributed by atoms with van der Waals surface area (Å²) in [5.74, 6) is 2.60. The lowest BCUT2D eigenvalue weighted by molar-refractivity contribution is 0.0687. The highest BCUT2D eigenvalue weighted by atomic mass is 79.9. The first-order chi connectivity index (χ1) is 23.5. The summed E-state index contributed by atoms with van der Waals surface area (Å²) >= 11 is 3.47. The van der Waals surface area contributed by atoms with Gasteiger partial charge in [0.2, 0.25) is 0 Å². The van der Waals surface area contributed by atoms with Gasteiger partial charge in [-0.3, -0.25) is 0 Å². The summed E-state index contributed by atoms with van der Waals surface area (Å²) in [6.07, 6.45) is 7.44. The fourth-order valence-corrected chi connectivity index (χ4v) is 7.67. The minimum Gasteiger partial charge on any atom is -0.382 e. The van der Waals surface area contributed by atoms with Crippen molar-refractivity contribution in [3.63, 3.8) is 0 Å². The predicted octanol–water partition coefficient (Wildman–Crippen LogP) is 7.73. The van der Waals surface area contributed by atoms with Crippen molar-refractivity contribution in [2.45, 2.75) is 70.1 Å². The molecule has 0 amide bonds. The monoisotopic (exact) mass is 712 g/mol. The van der Waals surface area contributed by atoms with Gasteiger partial charge in [-0.15, -0.1) is 0 Å². The molecule has 2 atom stereocenters. The Kier molecular flexibility index (Phi) is 7.49. The maximum absolute atomic E-state index is 10.1. The number of hydrogen-bond donors (Lipinski definition) is 1. The number of fused-ring (bicyclic) bond motifs is 6. The van der Waals surface area contributed by atoms with E-state index in [0.717, 1.165) is 75.5 Å². The van der Waals surface area contributed by atoms with E-state index in [-0.39, 0.29) is 11.1 Å². The highest BCUT2D eigenvalue weighted by Crippen LogP contribution is 2.42. The molecule has 0 aliphatic carbocycles. The van der Waals surface area contributed by atoms with Crippen LogP contribution in [0.1, 0.15) is 69.1 Å². The van der Waals surface area contributed by atoms with Crippen LogP contribution in [0.3, 0.4) is 0 Å². The molecule has 1 N–H and O–H groups in total. The van der Waals surface area contributed by atoms with Crippen molar-refractivity contribution in [3.8, 4) is 11.3 Å². The number of aromatic nitrogens is 8. The predicted molar refractivity (Wildman–Crippen MR) is 194 cm³/mol. The summed E-state index contributed by atoms with van der Waals surface area (Å²) < 4.78 is 5.45. The van der Waals surface area contributed by atoms with Gasteiger partial charge in [-0.25, -0.2) is 29.9 Å². The van der Waals surface area contributed by atoms with E-state index in [9.17, 15) is 5.11 Å². The number of benzene rings is 2. The molecular weight excluding hydrogens is 676 g/mol. The summed E-state index contributed by atoms with van der Waals surface area (Å²) in [7, 11) is 0. The molecule has 7 heterocycles. The van der Waals surface area contributed by atoms with Crippen molar-refractivity contribution in [3.05, 3.63) is 131 Å². The third-order valence-electron chi connectivity index (χ3n) is 10.1. The molecule has 0 fully saturated rings. The second kappa shape index (κ2) is 11.7. The lowest BCUT2D eigenvalue weighted by atomic mass is 9.90. The van der Waals surface area contributed by atoms with Gasteiger partial charge in [0.1, 0.15) is 32.9 Å². The number of nitrogens with zero attached hydrogens (tertiary/aromatic N) is 8. The second-order valence-corrected chi connectivity index (χ2v) is 14.7. The Morgan fingerprint density at radius 2 is 1.14 bits per heavy atom. The van der Waals surface area contributed by atoms with Crippen LogP contribution in [-0.2, 0) is 29.5 Å². The number of aliphatic hydroxyl groups is 1. The fraction of sp³-hybridized carbons (Fsp3) is 0.282. The van der Waals surface area contributed by atoms with Gasteiger partial charge < -0.3 is 14.2 Å². The number of aryl methyl sites for hydroxylation is 2. The van der Waals surface area contributed by atoms with E-state index in [1.165, 1.54) is 11.1 Å². The van der Waals surface area contributed by atoms with Gasteiger partial charge in [0.05, 0.1) is 16.8 Å². The molecular formula is C39H37BrN8O. The molecule has 49 heavy (non-hydrogen) atoms. The van der Waals surface area contributed by atoms with Crippen LogP contribution >= 0.6 is 15.9 Å². The molecule has 9 nitrogen and oxygen atoms in total. The molecule has 0 radical (unpaired) electrons. The van der Waals surface area contributed by atoms with Crippen LogP contribution in [-0.4, -0.2) is 44.1 Å². The van der Waals surface area contributed by atoms with Gasteiger partial charge in [-0.2, -0.15) is 0 Å². The van der Waals surface area contributed by atoms with Crippen molar-refractivity contribution in [2.75, 3.05) is 0 Å². The van der Waals surface area contributed by atoms with Crippen LogP contribution in [0, 0.1) is 0 Å². The standard InChI is InChI=1S/C23H23N5O.C16H14BrN3/c1-22(2,29)21-24-13-15(14-25-21)17-9-10-18-20(27-17)28-19(26-18)11-12-23(28,3)16-7-5-4-6-8-16;1-16(11-5-3-2-4-6-11)10-9-14-18-12-7-8-13(17)19-15(12)20(14)16/h4-10,13-14,29H,11-12H2,1-3H3;2-8H,9-10H2,1H3. The Balaban J connectivity index is 0.000000152. The average molecular weight is 714 g/mol. The highest BCUT2D eigenvalue weighted by molar-refractivity contribution is 9.10. The molecule has 246 valence electrons. The Morgan fingerprint density at radius 3 is 1.65 bits per heavy atom. The molecule has 2 unspecified atom stereocenters. The van der Waals surface area contributed by atoms with E-state index < -0.39 is 5.60 Å². The van der Waals surface area contributed by atoms with Crippen LogP contribution in [0.25, 0.3) is 33.6 Å². The Bertz CT molecular complexity index is 2310. The van der Waals surface area contributed by atoms with Crippen molar-refractivity contribution in [1.82, 2.24) is 39.0 Å². The molecule has 0 saturated heterocycles. The summed E-state index contributed by atoms with van der Waals surface area (Å²) in [5, 5.41) is 10.1. The van der Waals surface area contributed by atoms with Gasteiger partial charge in [-0.05, 0) is 91.9 Å². The van der Waals surface area contributed by atoms with Crippen molar-refractivity contribution >= 4 is 38.3 Å². The molecule has 2 aromatic carbocycles. The average Bonchev–Trinajstić information content (AvgIpc) is 3.86. The molecule has 0 spiro atoms. The quantitative estimate of drug-likeness (QED) is 0.186. The Morgan fingerprint density at radius 1 is 0.653 bits per heavy atom. The van der Waals surface area contributed by atoms with Gasteiger partial charge in [0, 0.05) is 30.8 Å². The number of rotatable bonds is 4. The number of hydrogen-bond acceptors (Lipinski definition) is 7. The summed E-state index contributed by atoms with van der Waals surface area (Å²) in [4.78, 5) is 27.8. The maximum Gasteiger partial charge on any atom is 0.162 e. The van der Waals surface area contributed by atoms with Crippen LogP contribution in [0.15, 0.2) is 102 Å². The van der Waals surface area contributed by atoms with Crippen LogP contribution in [0.2, 0.25) is 0 Å². The van der Waals surface area contributed by atoms with Crippen LogP contribution in [0.5, 0.6) is 0 Å². The van der Waals surface area contributed by atoms with E-state index in [2.05, 4.69) is 108 Å². The summed E-state index contributed by atoms with van der Waals surface area (Å²) in [6.45, 7) is 7.89. The third kappa shape index (κ3) is 5.34. The zero-order chi connectivity index (χ0) is 34.0. The Hall–Kier alpha value is -4.80. The molecule has 2 aliphatic rings. The number of imidazole rings is 2. The van der Waals surface area contributed by atoms with Crippen molar-refractivity contribution in [2.24, 2.45) is 0 Å². The summed E-state index contributed by atoms with van der Waals surface area (Å²) in [5.41, 5.74) is 6.63. The number of pyridine rings is 2. The van der Waals surface area contributed by atoms with Gasteiger partial charge in [0.15, 0.2) is 17.1 Å². The van der Waals surface area contributed by atoms with Crippen LogP contribution < -0.4 is 0 Å². The molecule has 0 saturated carbocycles. The molecule has 0 bridgehead atoms. The zero-order valence-corrected chi connectivity index (χ0v) is 29.6. The van der Waals surface area contributed by atoms with Gasteiger partial charge in [0.25, 0.3) is 0 Å². The zero-order valence-electron chi connectivity index (χ0n) is 28.0. The van der Waals surface area contributed by atoms with Crippen LogP contribution in [0.4, 0.5) is 0 Å². The minimum absolute atomic E-state index is 0.0564. The Labute approximate surface area is 293 Å². The first-order valence-corrected chi connectivity index (χ1v) is 17.4. The minimum atomic E-state index is -1.07. The topological polar surface area (TPSA) is 107 Å². The lowest BCUT2D eigenvalue weighted by Crippen LogP contribution is -2.27. The van der Waals surface area contributed by atoms with E-state index >= 15 is 0 Å². The maximum atomic E-state index is 10.1. The number of halogens is 1. The van der Waals surface area contributed by atoms with E-state index in [0.29, 0.717) is 5.82 Å². The smallest absolute Gasteiger partial charge is 0.162 e. The molecule has 9 rings (SSSR count). The molecule has 7 aromatic rings. The highest BCUT2D eigenvalue weighted by Gasteiger charge is 2.39. The third-order valence-corrected chi connectivity index (χ3v) is 10.5. The first-order valence-electron chi connectivity index (χ1n) is 16.6. The molecule has 5 aromatic heterocycles. The molecule has 2 aliphatic heterocycles. The van der Waals surface area contributed by atoms with E-state index in [1.807, 2.05) is 30.3 Å². The SMILES string of the molecule is CC(C)(O)c1ncc(-c2ccc3nc4n(c3n2)C(C)(c2ccccc2)CC4)cn1.CC1(c2ccccc2)CCc2nc3ccc(Br)nc3n21. The van der Waals surface area contributed by atoms with E-state index in [4.69, 9.17) is 15.0 Å². The van der Waals surface area contributed by atoms with E-state index in [1.54, 1.807) is 26.2 Å². The fourth-order valence-electron chi connectivity index (χ4n) is 7.37. The molecule has 10 heteroatoms. The largest absolute Gasteiger partial charge is 0.382 e. The normalized spacial score (nSPS) is 19.9. The lowest BCUT2D eigenvalue weighted by Gasteiger charge is -2.28. The first kappa shape index (κ1) is 31.5. The second-order valence-electron chi connectivity index (χ2n) is 13.9. The summed E-state index contributed by atoms with van der Waals surface area (Å²) in [6, 6.07) is 29.1. The van der Waals surface area contributed by atoms with Crippen molar-refractivity contribution in [1.29, 1.82) is 0 Å². The van der Waals surface area contributed by atoms with Gasteiger partial charge >= 0.3 is 0 Å².